The number of hydrogen-bond donors (Lipinski definition) is 3. The Hall–Kier alpha value is -6.72. The van der Waals surface area contributed by atoms with E-state index in [0.29, 0.717) is 11.3 Å². The highest BCUT2D eigenvalue weighted by molar-refractivity contribution is 7.09. The fraction of sp³-hybridized carbons (Fsp3) is 0.224. The molecular formula is C49H45N3O7S. The molecule has 0 saturated carbocycles. The monoisotopic (exact) mass is 819 g/mol. The molecule has 4 atom stereocenters. The number of ether oxygens (including phenoxy) is 1. The van der Waals surface area contributed by atoms with Crippen molar-refractivity contribution in [2.24, 2.45) is 11.8 Å². The maximum Gasteiger partial charge on any atom is 0.307 e. The highest BCUT2D eigenvalue weighted by atomic mass is 32.1. The zero-order chi connectivity index (χ0) is 41.8. The molecule has 11 heteroatoms. The predicted molar refractivity (Wildman–Crippen MR) is 230 cm³/mol. The van der Waals surface area contributed by atoms with Crippen molar-refractivity contribution in [3.63, 3.8) is 0 Å². The van der Waals surface area contributed by atoms with Crippen molar-refractivity contribution in [2.45, 2.75) is 50.6 Å². The van der Waals surface area contributed by atoms with Gasteiger partial charge in [0, 0.05) is 41.8 Å². The molecule has 60 heavy (non-hydrogen) atoms. The first-order valence-corrected chi connectivity index (χ1v) is 20.8. The van der Waals surface area contributed by atoms with Gasteiger partial charge < -0.3 is 20.5 Å². The minimum atomic E-state index is -1.15. The fourth-order valence-corrected chi connectivity index (χ4v) is 8.15. The van der Waals surface area contributed by atoms with E-state index in [9.17, 15) is 29.1 Å². The number of aliphatic carboxylic acids is 1. The Morgan fingerprint density at radius 2 is 1.30 bits per heavy atom. The number of pyridine rings is 1. The standard InChI is InChI=1S/C49H45N3O7S/c53-40-28-38(29-42-9-6-24-60-42)47(55)52-45(27-34-11-17-36(18-12-34)35-7-2-1-3-8-35)48(56)51-44(26-33-13-19-37(20-14-33)43-10-4-5-23-50-43)46(54)30-39(49(57)58)25-32-15-21-41(22-16-32)59-31-40/h1-24,38-39,44-45H,25-31H2,(H,51,56)(H,52,55)(H,57,58)/t38-,39+,44-,45+/m0/s1. The summed E-state index contributed by atoms with van der Waals surface area (Å²) in [7, 11) is 0. The smallest absolute Gasteiger partial charge is 0.307 e. The minimum absolute atomic E-state index is 0.0573. The molecule has 2 bridgehead atoms. The number of nitrogens with zero attached hydrogens (tertiary/aromatic N) is 1. The van der Waals surface area contributed by atoms with Crippen LogP contribution in [-0.4, -0.2) is 58.1 Å². The number of amides is 2. The first kappa shape index (κ1) is 41.4. The number of rotatable bonds is 9. The molecule has 304 valence electrons. The Labute approximate surface area is 352 Å². The van der Waals surface area contributed by atoms with Gasteiger partial charge in [0.2, 0.25) is 11.8 Å². The molecule has 3 N–H and O–H groups in total. The van der Waals surface area contributed by atoms with Crippen LogP contribution in [0.5, 0.6) is 5.75 Å². The average molecular weight is 820 g/mol. The van der Waals surface area contributed by atoms with E-state index in [1.807, 2.05) is 115 Å². The zero-order valence-electron chi connectivity index (χ0n) is 32.9. The number of hydrogen-bond acceptors (Lipinski definition) is 8. The van der Waals surface area contributed by atoms with Crippen molar-refractivity contribution in [3.8, 4) is 28.1 Å². The van der Waals surface area contributed by atoms with Crippen LogP contribution < -0.4 is 15.4 Å². The van der Waals surface area contributed by atoms with Gasteiger partial charge in [-0.25, -0.2) is 0 Å². The number of benzene rings is 4. The number of carboxylic acids is 1. The van der Waals surface area contributed by atoms with Crippen molar-refractivity contribution < 1.29 is 33.8 Å². The number of carbonyl (C=O) groups excluding carboxylic acids is 4. The summed E-state index contributed by atoms with van der Waals surface area (Å²) in [6, 6.07) is 38.9. The zero-order valence-corrected chi connectivity index (χ0v) is 33.7. The van der Waals surface area contributed by atoms with Gasteiger partial charge in [-0.15, -0.1) is 11.3 Å². The van der Waals surface area contributed by atoms with E-state index in [1.54, 1.807) is 30.5 Å². The summed E-state index contributed by atoms with van der Waals surface area (Å²) in [6.07, 6.45) is 1.72. The number of Topliss-reactive ketones (excluding diaryl/α,β-unsaturated/α-hetero) is 2. The topological polar surface area (TPSA) is 152 Å². The van der Waals surface area contributed by atoms with E-state index in [4.69, 9.17) is 4.74 Å². The summed E-state index contributed by atoms with van der Waals surface area (Å²) < 4.78 is 5.79. The molecule has 0 spiro atoms. The lowest BCUT2D eigenvalue weighted by atomic mass is 9.90. The summed E-state index contributed by atoms with van der Waals surface area (Å²) in [5.74, 6) is -4.48. The van der Waals surface area contributed by atoms with Crippen LogP contribution in [0.15, 0.2) is 145 Å². The number of thiophene rings is 1. The third kappa shape index (κ3) is 11.3. The molecule has 10 nitrogen and oxygen atoms in total. The van der Waals surface area contributed by atoms with Crippen LogP contribution in [0, 0.1) is 11.8 Å². The van der Waals surface area contributed by atoms with Gasteiger partial charge in [0.25, 0.3) is 0 Å². The first-order chi connectivity index (χ1) is 29.2. The summed E-state index contributed by atoms with van der Waals surface area (Å²) >= 11 is 1.47. The summed E-state index contributed by atoms with van der Waals surface area (Å²) in [5, 5.41) is 18.1. The van der Waals surface area contributed by atoms with Crippen LogP contribution in [0.2, 0.25) is 0 Å². The third-order valence-electron chi connectivity index (χ3n) is 10.7. The molecule has 0 unspecified atom stereocenters. The second-order valence-corrected chi connectivity index (χ2v) is 16.1. The molecular weight excluding hydrogens is 775 g/mol. The Morgan fingerprint density at radius 1 is 0.650 bits per heavy atom. The molecule has 2 amide bonds. The highest BCUT2D eigenvalue weighted by Crippen LogP contribution is 2.24. The van der Waals surface area contributed by atoms with Crippen molar-refractivity contribution in [3.05, 3.63) is 167 Å². The fourth-order valence-electron chi connectivity index (χ4n) is 7.36. The molecule has 2 aliphatic rings. The number of carboxylic acid groups (broad SMARTS) is 1. The normalized spacial score (nSPS) is 19.3. The predicted octanol–water partition coefficient (Wildman–Crippen LogP) is 7.35. The van der Waals surface area contributed by atoms with Crippen LogP contribution in [-0.2, 0) is 49.7 Å². The summed E-state index contributed by atoms with van der Waals surface area (Å²) in [5.41, 5.74) is 5.82. The van der Waals surface area contributed by atoms with Gasteiger partial charge in [-0.1, -0.05) is 103 Å². The Morgan fingerprint density at radius 3 is 1.95 bits per heavy atom. The Bertz CT molecular complexity index is 2390. The first-order valence-electron chi connectivity index (χ1n) is 19.9. The molecule has 2 aliphatic heterocycles. The van der Waals surface area contributed by atoms with Gasteiger partial charge in [-0.2, -0.15) is 0 Å². The van der Waals surface area contributed by atoms with Crippen molar-refractivity contribution in [1.82, 2.24) is 15.6 Å². The molecule has 8 rings (SSSR count). The van der Waals surface area contributed by atoms with Crippen LogP contribution in [0.1, 0.15) is 34.4 Å². The number of aromatic nitrogens is 1. The van der Waals surface area contributed by atoms with Crippen LogP contribution in [0.25, 0.3) is 22.4 Å². The van der Waals surface area contributed by atoms with E-state index < -0.39 is 47.5 Å². The second-order valence-electron chi connectivity index (χ2n) is 15.1. The molecule has 0 fully saturated rings. The van der Waals surface area contributed by atoms with E-state index in [-0.39, 0.29) is 50.9 Å². The Balaban J connectivity index is 1.22. The number of ketones is 2. The van der Waals surface area contributed by atoms with Gasteiger partial charge in [-0.3, -0.25) is 29.0 Å². The molecule has 0 saturated heterocycles. The second kappa shape index (κ2) is 19.8. The van der Waals surface area contributed by atoms with Crippen molar-refractivity contribution in [1.29, 1.82) is 0 Å². The van der Waals surface area contributed by atoms with Crippen LogP contribution in [0.4, 0.5) is 0 Å². The van der Waals surface area contributed by atoms with Crippen molar-refractivity contribution >= 4 is 40.7 Å². The molecule has 4 aromatic carbocycles. The number of nitrogens with one attached hydrogen (secondary N) is 2. The SMILES string of the molecule is O=C1COc2ccc(cc2)C[C@@H](C(=O)O)CC(=O)[C@H](Cc2ccc(-c3ccccn3)cc2)NC(=O)[C@@H](Cc2ccc(-c3ccccc3)cc2)NC(=O)[C@H](Cc2cccs2)C1. The Kier molecular flexibility index (Phi) is 13.7. The molecule has 6 aromatic rings. The highest BCUT2D eigenvalue weighted by Gasteiger charge is 2.33. The quantitative estimate of drug-likeness (QED) is 0.137. The van der Waals surface area contributed by atoms with Gasteiger partial charge >= 0.3 is 5.97 Å². The molecule has 2 aromatic heterocycles. The number of fused-ring (bicyclic) bond motifs is 16. The largest absolute Gasteiger partial charge is 0.486 e. The maximum absolute atomic E-state index is 14.6. The lowest BCUT2D eigenvalue weighted by molar-refractivity contribution is -0.144. The molecule has 0 aliphatic carbocycles. The molecule has 0 radical (unpaired) electrons. The van der Waals surface area contributed by atoms with Crippen LogP contribution in [0.3, 0.4) is 0 Å². The van der Waals surface area contributed by atoms with E-state index >= 15 is 0 Å². The lowest BCUT2D eigenvalue weighted by Gasteiger charge is -2.26. The van der Waals surface area contributed by atoms with Gasteiger partial charge in [0.15, 0.2) is 11.6 Å². The number of carbonyl (C=O) groups is 5. The third-order valence-corrected chi connectivity index (χ3v) is 11.6. The van der Waals surface area contributed by atoms with E-state index in [2.05, 4.69) is 15.6 Å². The lowest BCUT2D eigenvalue weighted by Crippen LogP contribution is -2.54. The molecule has 4 heterocycles. The van der Waals surface area contributed by atoms with Gasteiger partial charge in [-0.05, 0) is 82.8 Å². The van der Waals surface area contributed by atoms with Gasteiger partial charge in [0.1, 0.15) is 18.4 Å². The van der Waals surface area contributed by atoms with Crippen molar-refractivity contribution in [2.75, 3.05) is 6.61 Å². The average Bonchev–Trinajstić information content (AvgIpc) is 3.79. The minimum Gasteiger partial charge on any atom is -0.486 e. The van der Waals surface area contributed by atoms with Gasteiger partial charge in [0.05, 0.1) is 17.7 Å². The summed E-state index contributed by atoms with van der Waals surface area (Å²) in [6.45, 7) is -0.276. The van der Waals surface area contributed by atoms with E-state index in [1.165, 1.54) is 11.3 Å². The van der Waals surface area contributed by atoms with Crippen LogP contribution >= 0.6 is 11.3 Å². The summed E-state index contributed by atoms with van der Waals surface area (Å²) in [4.78, 5) is 74.5. The van der Waals surface area contributed by atoms with E-state index in [0.717, 1.165) is 38.4 Å². The maximum atomic E-state index is 14.6.